The molecule has 16 heavy (non-hydrogen) atoms. The Morgan fingerprint density at radius 2 is 2.50 bits per heavy atom. The zero-order valence-electron chi connectivity index (χ0n) is 9.10. The molecular formula is C11H14N4S. The second kappa shape index (κ2) is 6.68. The molecule has 0 saturated carbocycles. The largest absolute Gasteiger partial charge is 0.358 e. The average molecular weight is 234 g/mol. The molecule has 0 aliphatic heterocycles. The molecule has 0 aliphatic carbocycles. The Labute approximate surface area is 100 Å². The molecule has 4 nitrogen and oxygen atoms in total. The molecule has 0 aromatic carbocycles. The molecule has 0 amide bonds. The summed E-state index contributed by atoms with van der Waals surface area (Å²) in [6.07, 6.45) is 5.20. The van der Waals surface area contributed by atoms with Crippen molar-refractivity contribution in [3.8, 4) is 0 Å². The van der Waals surface area contributed by atoms with E-state index in [1.807, 2.05) is 19.1 Å². The zero-order valence-corrected chi connectivity index (χ0v) is 9.92. The Balaban J connectivity index is 2.51. The van der Waals surface area contributed by atoms with Gasteiger partial charge in [0, 0.05) is 24.5 Å². The smallest absolute Gasteiger partial charge is 0.187 e. The molecule has 0 atom stereocenters. The Morgan fingerprint density at radius 3 is 3.12 bits per heavy atom. The van der Waals surface area contributed by atoms with Crippen LogP contribution in [0.1, 0.15) is 12.5 Å². The van der Waals surface area contributed by atoms with E-state index in [2.05, 4.69) is 27.4 Å². The van der Waals surface area contributed by atoms with Crippen LogP contribution in [0.2, 0.25) is 0 Å². The third-order valence-corrected chi connectivity index (χ3v) is 2.05. The number of nitrogens with zero attached hydrogens (tertiary/aromatic N) is 2. The van der Waals surface area contributed by atoms with Gasteiger partial charge in [-0.05, 0) is 25.2 Å². The van der Waals surface area contributed by atoms with E-state index < -0.39 is 0 Å². The van der Waals surface area contributed by atoms with Crippen molar-refractivity contribution in [2.45, 2.75) is 6.92 Å². The van der Waals surface area contributed by atoms with Crippen molar-refractivity contribution in [1.82, 2.24) is 15.7 Å². The summed E-state index contributed by atoms with van der Waals surface area (Å²) in [6.45, 7) is 6.09. The standard InChI is InChI=1S/C11H14N4S/c1-3-6-13-11(16)15-14-9(2)10-5-4-7-12-8-10/h3-5,7-8H,1,6H2,2H3,(H2,13,15,16)/b14-9+. The highest BCUT2D eigenvalue weighted by molar-refractivity contribution is 7.80. The highest BCUT2D eigenvalue weighted by Gasteiger charge is 1.96. The first-order valence-electron chi connectivity index (χ1n) is 4.83. The molecule has 0 bridgehead atoms. The summed E-state index contributed by atoms with van der Waals surface area (Å²) in [5.41, 5.74) is 4.54. The molecule has 2 N–H and O–H groups in total. The van der Waals surface area contributed by atoms with E-state index in [1.165, 1.54) is 0 Å². The Hall–Kier alpha value is -1.75. The van der Waals surface area contributed by atoms with Gasteiger partial charge in [0.25, 0.3) is 0 Å². The number of rotatable bonds is 4. The van der Waals surface area contributed by atoms with Crippen LogP contribution in [-0.2, 0) is 0 Å². The van der Waals surface area contributed by atoms with E-state index >= 15 is 0 Å². The molecule has 0 unspecified atom stereocenters. The summed E-state index contributed by atoms with van der Waals surface area (Å²) in [4.78, 5) is 4.01. The van der Waals surface area contributed by atoms with Crippen LogP contribution in [0, 0.1) is 0 Å². The second-order valence-electron chi connectivity index (χ2n) is 3.05. The summed E-state index contributed by atoms with van der Waals surface area (Å²) in [5.74, 6) is 0. The van der Waals surface area contributed by atoms with Gasteiger partial charge in [-0.2, -0.15) is 5.10 Å². The van der Waals surface area contributed by atoms with Gasteiger partial charge < -0.3 is 5.32 Å². The number of hydrogen-bond acceptors (Lipinski definition) is 3. The van der Waals surface area contributed by atoms with E-state index in [0.29, 0.717) is 11.7 Å². The minimum atomic E-state index is 0.475. The first kappa shape index (κ1) is 12.3. The lowest BCUT2D eigenvalue weighted by atomic mass is 10.2. The number of pyridine rings is 1. The first-order chi connectivity index (χ1) is 7.74. The highest BCUT2D eigenvalue weighted by Crippen LogP contribution is 1.97. The Bertz CT molecular complexity index is 386. The minimum Gasteiger partial charge on any atom is -0.358 e. The molecule has 0 radical (unpaired) electrons. The molecule has 0 saturated heterocycles. The lowest BCUT2D eigenvalue weighted by Gasteiger charge is -2.05. The van der Waals surface area contributed by atoms with Crippen molar-refractivity contribution in [2.24, 2.45) is 5.10 Å². The lowest BCUT2D eigenvalue weighted by molar-refractivity contribution is 0.936. The topological polar surface area (TPSA) is 49.3 Å². The van der Waals surface area contributed by atoms with E-state index in [4.69, 9.17) is 12.2 Å². The lowest BCUT2D eigenvalue weighted by Crippen LogP contribution is -2.32. The molecule has 0 fully saturated rings. The van der Waals surface area contributed by atoms with Crippen molar-refractivity contribution >= 4 is 23.0 Å². The van der Waals surface area contributed by atoms with Crippen LogP contribution in [0.5, 0.6) is 0 Å². The molecule has 1 heterocycles. The SMILES string of the molecule is C=CCNC(=S)N/N=C(\C)c1cccnc1. The van der Waals surface area contributed by atoms with Crippen LogP contribution < -0.4 is 10.7 Å². The van der Waals surface area contributed by atoms with Gasteiger partial charge in [-0.25, -0.2) is 0 Å². The van der Waals surface area contributed by atoms with Gasteiger partial charge >= 0.3 is 0 Å². The van der Waals surface area contributed by atoms with Gasteiger partial charge in [0.15, 0.2) is 5.11 Å². The number of nitrogens with one attached hydrogen (secondary N) is 2. The van der Waals surface area contributed by atoms with Crippen LogP contribution in [-0.4, -0.2) is 22.4 Å². The maximum absolute atomic E-state index is 5.00. The molecule has 1 rings (SSSR count). The van der Waals surface area contributed by atoms with Gasteiger partial charge in [-0.15, -0.1) is 6.58 Å². The molecule has 84 valence electrons. The summed E-state index contributed by atoms with van der Waals surface area (Å²) in [6, 6.07) is 3.80. The van der Waals surface area contributed by atoms with Gasteiger partial charge in [-0.3, -0.25) is 10.4 Å². The molecule has 5 heteroatoms. The van der Waals surface area contributed by atoms with Crippen LogP contribution in [0.25, 0.3) is 0 Å². The summed E-state index contributed by atoms with van der Waals surface area (Å²) in [5, 5.41) is 7.53. The minimum absolute atomic E-state index is 0.475. The van der Waals surface area contributed by atoms with Gasteiger partial charge in [0.2, 0.25) is 0 Å². The van der Waals surface area contributed by atoms with E-state index in [-0.39, 0.29) is 0 Å². The van der Waals surface area contributed by atoms with Gasteiger partial charge in [-0.1, -0.05) is 12.1 Å². The van der Waals surface area contributed by atoms with Crippen LogP contribution in [0.15, 0.2) is 42.3 Å². The van der Waals surface area contributed by atoms with Crippen molar-refractivity contribution in [3.63, 3.8) is 0 Å². The molecule has 0 spiro atoms. The number of hydrogen-bond donors (Lipinski definition) is 2. The average Bonchev–Trinajstić information content (AvgIpc) is 2.34. The molecule has 1 aromatic rings. The second-order valence-corrected chi connectivity index (χ2v) is 3.46. The first-order valence-corrected chi connectivity index (χ1v) is 5.24. The maximum Gasteiger partial charge on any atom is 0.187 e. The fourth-order valence-electron chi connectivity index (χ4n) is 0.980. The highest BCUT2D eigenvalue weighted by atomic mass is 32.1. The fraction of sp³-hybridized carbons (Fsp3) is 0.182. The van der Waals surface area contributed by atoms with Gasteiger partial charge in [0.05, 0.1) is 5.71 Å². The van der Waals surface area contributed by atoms with Crippen molar-refractivity contribution in [2.75, 3.05) is 6.54 Å². The fourth-order valence-corrected chi connectivity index (χ4v) is 1.11. The molecule has 0 aliphatic rings. The normalized spacial score (nSPS) is 10.7. The third-order valence-electron chi connectivity index (χ3n) is 1.81. The summed E-state index contributed by atoms with van der Waals surface area (Å²) < 4.78 is 0. The summed E-state index contributed by atoms with van der Waals surface area (Å²) in [7, 11) is 0. The molecule has 1 aromatic heterocycles. The number of thiocarbonyl (C=S) groups is 1. The van der Waals surface area contributed by atoms with Crippen molar-refractivity contribution in [1.29, 1.82) is 0 Å². The monoisotopic (exact) mass is 234 g/mol. The quantitative estimate of drug-likeness (QED) is 0.358. The Kier molecular flexibility index (Phi) is 5.15. The number of aromatic nitrogens is 1. The molecular weight excluding hydrogens is 220 g/mol. The van der Waals surface area contributed by atoms with E-state index in [1.54, 1.807) is 18.5 Å². The van der Waals surface area contributed by atoms with Crippen LogP contribution >= 0.6 is 12.2 Å². The van der Waals surface area contributed by atoms with Gasteiger partial charge in [0.1, 0.15) is 0 Å². The Morgan fingerprint density at radius 1 is 1.69 bits per heavy atom. The maximum atomic E-state index is 5.00. The zero-order chi connectivity index (χ0) is 11.8. The predicted octanol–water partition coefficient (Wildman–Crippen LogP) is 1.46. The van der Waals surface area contributed by atoms with E-state index in [9.17, 15) is 0 Å². The summed E-state index contributed by atoms with van der Waals surface area (Å²) >= 11 is 5.00. The van der Waals surface area contributed by atoms with Crippen molar-refractivity contribution < 1.29 is 0 Å². The number of hydrazone groups is 1. The van der Waals surface area contributed by atoms with E-state index in [0.717, 1.165) is 11.3 Å². The van der Waals surface area contributed by atoms with Crippen molar-refractivity contribution in [3.05, 3.63) is 42.7 Å². The predicted molar refractivity (Wildman–Crippen MR) is 70.4 cm³/mol. The van der Waals surface area contributed by atoms with Crippen LogP contribution in [0.3, 0.4) is 0 Å². The van der Waals surface area contributed by atoms with Crippen LogP contribution in [0.4, 0.5) is 0 Å². The third kappa shape index (κ3) is 4.18.